The Morgan fingerprint density at radius 3 is 1.35 bits per heavy atom. The van der Waals surface area contributed by atoms with Crippen LogP contribution in [0.3, 0.4) is 0 Å². The number of hydrogen-bond donors (Lipinski definition) is 4. The molecule has 0 saturated heterocycles. The van der Waals surface area contributed by atoms with Gasteiger partial charge in [-0.2, -0.15) is 0 Å². The molecule has 0 bridgehead atoms. The van der Waals surface area contributed by atoms with Crippen molar-refractivity contribution in [1.29, 1.82) is 0 Å². The molecule has 2 amide bonds. The van der Waals surface area contributed by atoms with E-state index in [1.165, 1.54) is 0 Å². The number of para-hydroxylation sites is 2. The number of fused-ring (bicyclic) bond motifs is 2. The number of ether oxygens (including phenoxy) is 2. The van der Waals surface area contributed by atoms with E-state index in [4.69, 9.17) is 32.7 Å². The number of phenols is 2. The van der Waals surface area contributed by atoms with Crippen LogP contribution in [0.25, 0.3) is 21.8 Å². The summed E-state index contributed by atoms with van der Waals surface area (Å²) >= 11 is 13.1. The summed E-state index contributed by atoms with van der Waals surface area (Å²) in [6, 6.07) is 43.1. The van der Waals surface area contributed by atoms with Gasteiger partial charge in [0.2, 0.25) is 0 Å². The summed E-state index contributed by atoms with van der Waals surface area (Å²) in [6.45, 7) is 5.65. The molecule has 68 heavy (non-hydrogen) atoms. The number of nitrogens with zero attached hydrogens (tertiary/aromatic N) is 4. The van der Waals surface area contributed by atoms with Crippen molar-refractivity contribution in [2.75, 3.05) is 50.2 Å². The Bertz CT molecular complexity index is 2960. The summed E-state index contributed by atoms with van der Waals surface area (Å²) < 4.78 is 11.2. The minimum absolute atomic E-state index is 0.0212. The monoisotopic (exact) mass is 950 g/mol. The molecule has 4 N–H and O–H groups in total. The van der Waals surface area contributed by atoms with E-state index in [0.29, 0.717) is 54.5 Å². The lowest BCUT2D eigenvalue weighted by Gasteiger charge is -2.24. The number of amides is 2. The number of aromatic nitrogens is 2. The normalized spacial score (nSPS) is 11.7. The van der Waals surface area contributed by atoms with Gasteiger partial charge in [0.15, 0.2) is 13.2 Å². The van der Waals surface area contributed by atoms with Crippen LogP contribution in [0.15, 0.2) is 158 Å². The molecular weight excluding hydrogens is 900 g/mol. The molecule has 6 aromatic carbocycles. The van der Waals surface area contributed by atoms with E-state index in [-0.39, 0.29) is 36.5 Å². The van der Waals surface area contributed by atoms with E-state index in [0.717, 1.165) is 35.6 Å². The SMILES string of the molecule is CCN(CC)c1ccc(C(NC(=O)COc2ccccc2)c2cc(Cl)c3cccnc3c2O)cc1.CN(C)c1ccc(C(NC(=O)COc2ccccc2)c2cc(Cl)c3cccnc3c2O)cc1. The first kappa shape index (κ1) is 48.4. The van der Waals surface area contributed by atoms with Crippen LogP contribution in [0.4, 0.5) is 11.4 Å². The number of halogens is 2. The first-order valence-electron chi connectivity index (χ1n) is 22.0. The number of nitrogens with one attached hydrogen (secondary N) is 2. The predicted molar refractivity (Wildman–Crippen MR) is 271 cm³/mol. The van der Waals surface area contributed by atoms with Crippen molar-refractivity contribution in [3.8, 4) is 23.0 Å². The molecule has 0 aliphatic rings. The Kier molecular flexibility index (Phi) is 16.2. The Hall–Kier alpha value is -7.54. The van der Waals surface area contributed by atoms with Gasteiger partial charge in [0, 0.05) is 72.9 Å². The molecule has 348 valence electrons. The smallest absolute Gasteiger partial charge is 0.258 e. The molecule has 2 aromatic heterocycles. The van der Waals surface area contributed by atoms with Gasteiger partial charge >= 0.3 is 0 Å². The van der Waals surface area contributed by atoms with Gasteiger partial charge in [-0.1, -0.05) is 83.9 Å². The summed E-state index contributed by atoms with van der Waals surface area (Å²) in [6.07, 6.45) is 3.19. The second-order valence-corrected chi connectivity index (χ2v) is 16.7. The topological polar surface area (TPSA) is 149 Å². The van der Waals surface area contributed by atoms with Gasteiger partial charge in [-0.3, -0.25) is 19.6 Å². The van der Waals surface area contributed by atoms with Crippen molar-refractivity contribution in [2.45, 2.75) is 25.9 Å². The highest BCUT2D eigenvalue weighted by atomic mass is 35.5. The number of benzene rings is 6. The number of aromatic hydroxyl groups is 2. The van der Waals surface area contributed by atoms with Crippen molar-refractivity contribution in [3.63, 3.8) is 0 Å². The highest BCUT2D eigenvalue weighted by molar-refractivity contribution is 6.36. The maximum Gasteiger partial charge on any atom is 0.258 e. The van der Waals surface area contributed by atoms with Gasteiger partial charge in [0.1, 0.15) is 34.0 Å². The molecule has 8 rings (SSSR count). The van der Waals surface area contributed by atoms with E-state index in [1.807, 2.05) is 104 Å². The molecule has 14 heteroatoms. The maximum atomic E-state index is 12.9. The van der Waals surface area contributed by atoms with Crippen LogP contribution in [-0.4, -0.2) is 72.4 Å². The summed E-state index contributed by atoms with van der Waals surface area (Å²) in [5.74, 6) is 0.484. The van der Waals surface area contributed by atoms with Crippen LogP contribution in [0.2, 0.25) is 10.0 Å². The van der Waals surface area contributed by atoms with Crippen LogP contribution >= 0.6 is 23.2 Å². The third-order valence-corrected chi connectivity index (χ3v) is 11.9. The summed E-state index contributed by atoms with van der Waals surface area (Å²) in [7, 11) is 3.91. The van der Waals surface area contributed by atoms with Gasteiger partial charge in [-0.15, -0.1) is 0 Å². The molecule has 2 unspecified atom stereocenters. The second kappa shape index (κ2) is 22.8. The zero-order valence-corrected chi connectivity index (χ0v) is 39.6. The summed E-state index contributed by atoms with van der Waals surface area (Å²) in [5.41, 5.74) is 5.37. The van der Waals surface area contributed by atoms with Crippen molar-refractivity contribution >= 4 is 68.2 Å². The minimum Gasteiger partial charge on any atom is -0.505 e. The Morgan fingerprint density at radius 1 is 0.574 bits per heavy atom. The Labute approximate surface area is 405 Å². The lowest BCUT2D eigenvalue weighted by atomic mass is 9.95. The highest BCUT2D eigenvalue weighted by Gasteiger charge is 2.26. The average Bonchev–Trinajstić information content (AvgIpc) is 3.37. The lowest BCUT2D eigenvalue weighted by Crippen LogP contribution is -2.33. The number of anilines is 2. The number of phenolic OH excluding ortho intramolecular Hbond substituents is 2. The third-order valence-electron chi connectivity index (χ3n) is 11.2. The van der Waals surface area contributed by atoms with E-state index in [1.54, 1.807) is 73.1 Å². The minimum atomic E-state index is -0.656. The fraction of sp³-hybridized carbons (Fsp3) is 0.185. The number of pyridine rings is 2. The summed E-state index contributed by atoms with van der Waals surface area (Å²) in [4.78, 5) is 38.6. The Balaban J connectivity index is 0.000000202. The van der Waals surface area contributed by atoms with Crippen LogP contribution in [0.5, 0.6) is 23.0 Å². The average molecular weight is 952 g/mol. The molecule has 2 heterocycles. The number of hydrogen-bond acceptors (Lipinski definition) is 10. The zero-order chi connectivity index (χ0) is 48.2. The van der Waals surface area contributed by atoms with E-state index >= 15 is 0 Å². The van der Waals surface area contributed by atoms with Crippen LogP contribution in [0.1, 0.15) is 48.2 Å². The molecule has 0 radical (unpaired) electrons. The lowest BCUT2D eigenvalue weighted by molar-refractivity contribution is -0.124. The quantitative estimate of drug-likeness (QED) is 0.0737. The van der Waals surface area contributed by atoms with Gasteiger partial charge in [-0.25, -0.2) is 0 Å². The number of carbonyl (C=O) groups is 2. The van der Waals surface area contributed by atoms with Crippen molar-refractivity contribution in [1.82, 2.24) is 20.6 Å². The molecule has 0 spiro atoms. The fourth-order valence-electron chi connectivity index (χ4n) is 7.70. The molecule has 0 saturated carbocycles. The number of carbonyl (C=O) groups excluding carboxylic acids is 2. The van der Waals surface area contributed by atoms with E-state index in [2.05, 4.69) is 39.3 Å². The van der Waals surface area contributed by atoms with Gasteiger partial charge in [0.05, 0.1) is 22.1 Å². The zero-order valence-electron chi connectivity index (χ0n) is 38.1. The maximum absolute atomic E-state index is 12.9. The van der Waals surface area contributed by atoms with Crippen molar-refractivity contribution < 1.29 is 29.3 Å². The Morgan fingerprint density at radius 2 is 0.971 bits per heavy atom. The first-order valence-corrected chi connectivity index (χ1v) is 22.8. The number of rotatable bonds is 16. The molecule has 12 nitrogen and oxygen atoms in total. The van der Waals surface area contributed by atoms with Crippen LogP contribution < -0.4 is 29.9 Å². The molecule has 8 aromatic rings. The van der Waals surface area contributed by atoms with Gasteiger partial charge < -0.3 is 40.1 Å². The van der Waals surface area contributed by atoms with Crippen molar-refractivity contribution in [3.05, 3.63) is 190 Å². The molecule has 0 fully saturated rings. The molecule has 2 atom stereocenters. The molecular formula is C54H52Cl2N6O6. The van der Waals surface area contributed by atoms with E-state index in [9.17, 15) is 19.8 Å². The predicted octanol–water partition coefficient (Wildman–Crippen LogP) is 10.7. The molecule has 0 aliphatic heterocycles. The fourth-order valence-corrected chi connectivity index (χ4v) is 8.24. The first-order chi connectivity index (χ1) is 32.9. The van der Waals surface area contributed by atoms with Crippen LogP contribution in [-0.2, 0) is 9.59 Å². The highest BCUT2D eigenvalue weighted by Crippen LogP contribution is 2.40. The van der Waals surface area contributed by atoms with Crippen molar-refractivity contribution in [2.24, 2.45) is 0 Å². The molecule has 0 aliphatic carbocycles. The third kappa shape index (κ3) is 11.7. The standard InChI is InChI=1S/C28H28ClN3O3.C26H24ClN3O3/c1-3-32(4-2)20-14-12-19(13-15-20)26(31-25(33)18-35-21-9-6-5-7-10-21)23-17-24(29)22-11-8-16-30-27(22)28(23)34;1-30(2)18-12-10-17(11-13-18)24(29-23(31)16-33-19-7-4-3-5-8-19)21-15-22(27)20-9-6-14-28-25(20)26(21)32/h5-17,26,34H,3-4,18H2,1-2H3,(H,31,33);3-15,24,32H,16H2,1-2H3,(H,29,31). The van der Waals surface area contributed by atoms with Crippen LogP contribution in [0, 0.1) is 0 Å². The summed E-state index contributed by atoms with van der Waals surface area (Å²) in [5, 5.41) is 30.3. The van der Waals surface area contributed by atoms with Gasteiger partial charge in [0.25, 0.3) is 11.8 Å². The van der Waals surface area contributed by atoms with Gasteiger partial charge in [-0.05, 0) is 110 Å². The second-order valence-electron chi connectivity index (χ2n) is 15.8. The largest absolute Gasteiger partial charge is 0.505 e. The van der Waals surface area contributed by atoms with E-state index < -0.39 is 12.1 Å².